The van der Waals surface area contributed by atoms with Gasteiger partial charge >= 0.3 is 0 Å². The van der Waals surface area contributed by atoms with Crippen molar-refractivity contribution in [3.8, 4) is 22.3 Å². The molecular weight excluding hydrogens is 939 g/mol. The molecule has 76 heavy (non-hydrogen) atoms. The Hall–Kier alpha value is -8.70. The van der Waals surface area contributed by atoms with Crippen molar-refractivity contribution in [2.45, 2.75) is 52.4 Å². The van der Waals surface area contributed by atoms with Crippen LogP contribution in [0.1, 0.15) is 52.7 Å². The van der Waals surface area contributed by atoms with Crippen LogP contribution in [0.4, 0.5) is 34.1 Å². The predicted molar refractivity (Wildman–Crippen MR) is 329 cm³/mol. The number of hydrogen-bond donors (Lipinski definition) is 0. The maximum atomic E-state index is 2.54. The van der Waals surface area contributed by atoms with Crippen molar-refractivity contribution in [3.63, 3.8) is 0 Å². The molecule has 0 aliphatic rings. The Balaban J connectivity index is 0.953. The minimum absolute atomic E-state index is 0.0345. The lowest BCUT2D eigenvalue weighted by Gasteiger charge is -2.28. The van der Waals surface area contributed by atoms with E-state index in [9.17, 15) is 0 Å². The lowest BCUT2D eigenvalue weighted by Crippen LogP contribution is -2.13. The Bertz CT molecular complexity index is 4510. The second-order valence-electron chi connectivity index (χ2n) is 22.6. The van der Waals surface area contributed by atoms with E-state index in [0.29, 0.717) is 0 Å². The number of aromatic nitrogens is 1. The van der Waals surface area contributed by atoms with Crippen LogP contribution in [0, 0.1) is 0 Å². The van der Waals surface area contributed by atoms with E-state index in [-0.39, 0.29) is 10.8 Å². The summed E-state index contributed by atoms with van der Waals surface area (Å²) in [5.41, 5.74) is 18.0. The van der Waals surface area contributed by atoms with Crippen molar-refractivity contribution < 1.29 is 0 Å². The molecule has 3 aromatic heterocycles. The molecule has 0 unspecified atom stereocenters. The van der Waals surface area contributed by atoms with Gasteiger partial charge in [-0.2, -0.15) is 0 Å². The molecule has 4 heteroatoms. The Morgan fingerprint density at radius 1 is 0.316 bits per heavy atom. The quantitative estimate of drug-likeness (QED) is 0.150. The molecule has 0 N–H and O–H groups in total. The first kappa shape index (κ1) is 45.9. The number of fused-ring (bicyclic) bond motifs is 12. The van der Waals surface area contributed by atoms with Crippen LogP contribution in [0.3, 0.4) is 0 Å². The van der Waals surface area contributed by atoms with E-state index in [1.54, 1.807) is 0 Å². The highest BCUT2D eigenvalue weighted by Crippen LogP contribution is 2.51. The standard InChI is InChI=1S/C72H57N3S/c1-71(2,3)50-27-31-52(32-28-50)73(54-23-15-21-48(43-54)46-17-9-7-10-18-46)56-35-36-60-66(45-56)76-65-42-39-57-58(68(60)65)37-40-63-67(57)61-38-41-64(69-59-25-13-14-26-62(59)75(63)70(61)69)74(53-33-29-51(30-34-53)72(4,5)6)55-24-16-22-49(44-55)47-19-11-8-12-20-47/h7-45H,1-6H3. The van der Waals surface area contributed by atoms with Crippen LogP contribution >= 0.6 is 11.3 Å². The van der Waals surface area contributed by atoms with Crippen molar-refractivity contribution in [1.29, 1.82) is 0 Å². The number of rotatable bonds is 8. The molecule has 0 amide bonds. The van der Waals surface area contributed by atoms with Crippen molar-refractivity contribution >= 4 is 115 Å². The molecule has 14 rings (SSSR count). The minimum Gasteiger partial charge on any atom is -0.310 e. The largest absolute Gasteiger partial charge is 0.310 e. The maximum Gasteiger partial charge on any atom is 0.0641 e. The van der Waals surface area contributed by atoms with Gasteiger partial charge in [-0.05, 0) is 140 Å². The van der Waals surface area contributed by atoms with E-state index in [1.807, 2.05) is 11.3 Å². The third-order valence-electron chi connectivity index (χ3n) is 15.8. The van der Waals surface area contributed by atoms with Gasteiger partial charge in [0.15, 0.2) is 0 Å². The lowest BCUT2D eigenvalue weighted by atomic mass is 9.87. The molecule has 0 atom stereocenters. The van der Waals surface area contributed by atoms with E-state index in [4.69, 9.17) is 0 Å². The summed E-state index contributed by atoms with van der Waals surface area (Å²) in [6.45, 7) is 13.7. The summed E-state index contributed by atoms with van der Waals surface area (Å²) in [5, 5.41) is 10.2. The fourth-order valence-electron chi connectivity index (χ4n) is 12.0. The van der Waals surface area contributed by atoms with Crippen LogP contribution in [-0.2, 0) is 10.8 Å². The Kier molecular flexibility index (Phi) is 10.5. The van der Waals surface area contributed by atoms with Gasteiger partial charge in [0.2, 0.25) is 0 Å². The molecule has 14 aromatic rings. The molecule has 0 aliphatic carbocycles. The van der Waals surface area contributed by atoms with Crippen molar-refractivity contribution in [2.24, 2.45) is 0 Å². The van der Waals surface area contributed by atoms with Crippen LogP contribution < -0.4 is 9.80 Å². The van der Waals surface area contributed by atoms with Crippen LogP contribution in [0.2, 0.25) is 0 Å². The van der Waals surface area contributed by atoms with Gasteiger partial charge in [0, 0.05) is 70.2 Å². The van der Waals surface area contributed by atoms with Crippen LogP contribution in [-0.4, -0.2) is 4.40 Å². The molecular formula is C72H57N3S. The smallest absolute Gasteiger partial charge is 0.0641 e. The van der Waals surface area contributed by atoms with E-state index in [1.165, 1.54) is 102 Å². The molecule has 3 nitrogen and oxygen atoms in total. The molecule has 0 spiro atoms. The minimum atomic E-state index is 0.0345. The molecule has 0 radical (unpaired) electrons. The van der Waals surface area contributed by atoms with Gasteiger partial charge in [0.1, 0.15) is 0 Å². The lowest BCUT2D eigenvalue weighted by molar-refractivity contribution is 0.590. The van der Waals surface area contributed by atoms with Gasteiger partial charge in [-0.15, -0.1) is 11.3 Å². The fourth-order valence-corrected chi connectivity index (χ4v) is 13.1. The highest BCUT2D eigenvalue weighted by atomic mass is 32.1. The van der Waals surface area contributed by atoms with Crippen molar-refractivity contribution in [2.75, 3.05) is 9.80 Å². The highest BCUT2D eigenvalue weighted by Gasteiger charge is 2.27. The summed E-state index contributed by atoms with van der Waals surface area (Å²) in [7, 11) is 0. The maximum absolute atomic E-state index is 2.54. The molecule has 0 saturated heterocycles. The fraction of sp³-hybridized carbons (Fsp3) is 0.111. The Morgan fingerprint density at radius 3 is 1.45 bits per heavy atom. The second kappa shape index (κ2) is 17.4. The summed E-state index contributed by atoms with van der Waals surface area (Å²) in [6.07, 6.45) is 0. The number of anilines is 6. The van der Waals surface area contributed by atoms with Crippen molar-refractivity contribution in [3.05, 3.63) is 248 Å². The number of benzene rings is 11. The third-order valence-corrected chi connectivity index (χ3v) is 16.9. The van der Waals surface area contributed by atoms with Crippen LogP contribution in [0.5, 0.6) is 0 Å². The van der Waals surface area contributed by atoms with Gasteiger partial charge in [0.05, 0.1) is 22.2 Å². The monoisotopic (exact) mass is 995 g/mol. The summed E-state index contributed by atoms with van der Waals surface area (Å²) < 4.78 is 5.10. The molecule has 0 bridgehead atoms. The van der Waals surface area contributed by atoms with Gasteiger partial charge in [-0.25, -0.2) is 0 Å². The first-order chi connectivity index (χ1) is 37.0. The zero-order valence-corrected chi connectivity index (χ0v) is 44.6. The van der Waals surface area contributed by atoms with Gasteiger partial charge in [-0.3, -0.25) is 0 Å². The molecule has 3 heterocycles. The first-order valence-corrected chi connectivity index (χ1v) is 27.4. The zero-order chi connectivity index (χ0) is 51.5. The molecule has 0 saturated carbocycles. The van der Waals surface area contributed by atoms with Crippen molar-refractivity contribution in [1.82, 2.24) is 4.40 Å². The van der Waals surface area contributed by atoms with Crippen LogP contribution in [0.15, 0.2) is 237 Å². The zero-order valence-electron chi connectivity index (χ0n) is 43.8. The third kappa shape index (κ3) is 7.46. The predicted octanol–water partition coefficient (Wildman–Crippen LogP) is 21.2. The SMILES string of the molecule is CC(C)(C)c1ccc(N(c2cccc(-c3ccccc3)c2)c2ccc3c(c2)sc2ccc4c(ccc5c4c4ccc(N(c6ccc(C(C)(C)C)cc6)c6cccc(-c7ccccc7)c6)c6c7ccccc7n5c46)c23)cc1. The van der Waals surface area contributed by atoms with E-state index in [2.05, 4.69) is 292 Å². The Labute approximate surface area is 448 Å². The number of para-hydroxylation sites is 1. The van der Waals surface area contributed by atoms with Gasteiger partial charge < -0.3 is 14.2 Å². The van der Waals surface area contributed by atoms with Gasteiger partial charge in [-0.1, -0.05) is 193 Å². The van der Waals surface area contributed by atoms with E-state index in [0.717, 1.165) is 34.1 Å². The van der Waals surface area contributed by atoms with E-state index >= 15 is 0 Å². The van der Waals surface area contributed by atoms with E-state index < -0.39 is 0 Å². The molecule has 0 fully saturated rings. The average molecular weight is 996 g/mol. The molecule has 11 aromatic carbocycles. The normalized spacial score (nSPS) is 12.3. The number of hydrogen-bond acceptors (Lipinski definition) is 3. The van der Waals surface area contributed by atoms with Gasteiger partial charge in [0.25, 0.3) is 0 Å². The summed E-state index contributed by atoms with van der Waals surface area (Å²) >= 11 is 1.89. The summed E-state index contributed by atoms with van der Waals surface area (Å²) in [5.74, 6) is 0. The Morgan fingerprint density at radius 2 is 0.816 bits per heavy atom. The average Bonchev–Trinajstić information content (AvgIpc) is 4.31. The molecule has 0 aliphatic heterocycles. The summed E-state index contributed by atoms with van der Waals surface area (Å²) in [4.78, 5) is 4.90. The second-order valence-corrected chi connectivity index (χ2v) is 23.7. The number of nitrogens with zero attached hydrogens (tertiary/aromatic N) is 3. The number of thiophene rings is 1. The first-order valence-electron chi connectivity index (χ1n) is 26.6. The van der Waals surface area contributed by atoms with Crippen LogP contribution in [0.25, 0.3) is 91.3 Å². The topological polar surface area (TPSA) is 10.9 Å². The molecule has 366 valence electrons. The summed E-state index contributed by atoms with van der Waals surface area (Å²) in [6, 6.07) is 88.2. The highest BCUT2D eigenvalue weighted by molar-refractivity contribution is 7.26.